The monoisotopic (exact) mass is 508 g/mol. The van der Waals surface area contributed by atoms with Crippen LogP contribution in [0.4, 0.5) is 11.6 Å². The molecule has 35 heavy (non-hydrogen) atoms. The lowest BCUT2D eigenvalue weighted by Gasteiger charge is -2.28. The van der Waals surface area contributed by atoms with Crippen LogP contribution in [0, 0.1) is 10.1 Å². The van der Waals surface area contributed by atoms with Crippen LogP contribution in [-0.4, -0.2) is 54.2 Å². The standard InChI is InChI=1S/C21H16N8O4S2/c1-33-19(30)16-15(11-34-21-25-23-18(35-21)13-5-3-2-4-6-13)22-20-24-26-27-28(20)17(16)12-7-9-14(10-8-12)29(31)32/h2-10,17H,11H2,1H3,(H,22,24,27). The number of carbonyl (C=O) groups is 1. The number of nitrogens with one attached hydrogen (secondary N) is 1. The van der Waals surface area contributed by atoms with E-state index in [4.69, 9.17) is 4.74 Å². The number of carbonyl (C=O) groups excluding carboxylic acids is 1. The molecule has 176 valence electrons. The van der Waals surface area contributed by atoms with Crippen molar-refractivity contribution < 1.29 is 14.5 Å². The molecule has 12 nitrogen and oxygen atoms in total. The SMILES string of the molecule is COC(=O)C1=C(CSc2nnc(-c3ccccc3)s2)Nc2nnnn2C1c1ccc([N+](=O)[O-])cc1. The van der Waals surface area contributed by atoms with Crippen LogP contribution in [0.5, 0.6) is 0 Å². The smallest absolute Gasteiger partial charge is 0.338 e. The first-order valence-corrected chi connectivity index (χ1v) is 12.0. The summed E-state index contributed by atoms with van der Waals surface area (Å²) in [6, 6.07) is 14.9. The Morgan fingerprint density at radius 1 is 1.17 bits per heavy atom. The molecule has 1 N–H and O–H groups in total. The number of esters is 1. The molecule has 0 fully saturated rings. The number of nitro groups is 1. The number of anilines is 1. The van der Waals surface area contributed by atoms with Gasteiger partial charge in [-0.3, -0.25) is 10.1 Å². The third kappa shape index (κ3) is 4.48. The summed E-state index contributed by atoms with van der Waals surface area (Å²) in [6.07, 6.45) is 0. The number of methoxy groups -OCH3 is 1. The molecule has 0 bridgehead atoms. The van der Waals surface area contributed by atoms with E-state index in [1.807, 2.05) is 30.3 Å². The lowest BCUT2D eigenvalue weighted by molar-refractivity contribution is -0.384. The first-order valence-electron chi connectivity index (χ1n) is 10.2. The van der Waals surface area contributed by atoms with Crippen LogP contribution in [-0.2, 0) is 9.53 Å². The molecule has 0 spiro atoms. The molecule has 14 heteroatoms. The lowest BCUT2D eigenvalue weighted by atomic mass is 9.95. The second-order valence-electron chi connectivity index (χ2n) is 7.23. The maximum absolute atomic E-state index is 12.9. The molecule has 0 saturated heterocycles. The quantitative estimate of drug-likeness (QED) is 0.169. The summed E-state index contributed by atoms with van der Waals surface area (Å²) in [5, 5.41) is 35.3. The van der Waals surface area contributed by atoms with Gasteiger partial charge in [0.05, 0.1) is 17.6 Å². The van der Waals surface area contributed by atoms with Gasteiger partial charge in [-0.25, -0.2) is 4.79 Å². The van der Waals surface area contributed by atoms with Crippen LogP contribution in [0.15, 0.2) is 70.2 Å². The second-order valence-corrected chi connectivity index (χ2v) is 9.43. The third-order valence-corrected chi connectivity index (χ3v) is 7.32. The average Bonchev–Trinajstić information content (AvgIpc) is 3.56. The summed E-state index contributed by atoms with van der Waals surface area (Å²) in [5.74, 6) is 0.100. The van der Waals surface area contributed by atoms with E-state index in [0.717, 1.165) is 14.9 Å². The third-order valence-electron chi connectivity index (χ3n) is 5.19. The minimum absolute atomic E-state index is 0.0653. The Morgan fingerprint density at radius 2 is 1.94 bits per heavy atom. The minimum Gasteiger partial charge on any atom is -0.466 e. The van der Waals surface area contributed by atoms with Crippen molar-refractivity contribution in [1.29, 1.82) is 0 Å². The molecule has 1 atom stereocenters. The molecule has 1 aliphatic rings. The van der Waals surface area contributed by atoms with Gasteiger partial charge in [0.15, 0.2) is 4.34 Å². The van der Waals surface area contributed by atoms with Gasteiger partial charge in [-0.1, -0.05) is 58.5 Å². The molecular weight excluding hydrogens is 492 g/mol. The van der Waals surface area contributed by atoms with Crippen molar-refractivity contribution in [1.82, 2.24) is 30.4 Å². The van der Waals surface area contributed by atoms with E-state index in [-0.39, 0.29) is 5.69 Å². The topological polar surface area (TPSA) is 151 Å². The minimum atomic E-state index is -0.737. The van der Waals surface area contributed by atoms with Gasteiger partial charge >= 0.3 is 5.97 Å². The van der Waals surface area contributed by atoms with Gasteiger partial charge < -0.3 is 10.1 Å². The molecule has 3 heterocycles. The molecule has 0 saturated carbocycles. The first kappa shape index (κ1) is 22.6. The number of aromatic nitrogens is 6. The average molecular weight is 509 g/mol. The summed E-state index contributed by atoms with van der Waals surface area (Å²) in [5.41, 5.74) is 2.34. The van der Waals surface area contributed by atoms with Gasteiger partial charge in [-0.05, 0) is 28.1 Å². The fourth-order valence-corrected chi connectivity index (χ4v) is 5.41. The van der Waals surface area contributed by atoms with E-state index in [2.05, 4.69) is 31.0 Å². The number of non-ortho nitro benzene ring substituents is 1. The number of fused-ring (bicyclic) bond motifs is 1. The molecule has 4 aromatic rings. The number of ether oxygens (including phenoxy) is 1. The Hall–Kier alpha value is -4.17. The van der Waals surface area contributed by atoms with Crippen molar-refractivity contribution in [2.75, 3.05) is 18.2 Å². The maximum atomic E-state index is 12.9. The molecule has 0 radical (unpaired) electrons. The fraction of sp³-hybridized carbons (Fsp3) is 0.143. The van der Waals surface area contributed by atoms with Gasteiger partial charge in [0.1, 0.15) is 11.0 Å². The molecular formula is C21H16N8O4S2. The van der Waals surface area contributed by atoms with Gasteiger partial charge in [0.25, 0.3) is 5.69 Å². The van der Waals surface area contributed by atoms with E-state index in [1.54, 1.807) is 12.1 Å². The van der Waals surface area contributed by atoms with E-state index in [9.17, 15) is 14.9 Å². The van der Waals surface area contributed by atoms with Crippen LogP contribution in [0.1, 0.15) is 11.6 Å². The van der Waals surface area contributed by atoms with Crippen LogP contribution in [0.2, 0.25) is 0 Å². The number of rotatable bonds is 7. The second kappa shape index (κ2) is 9.60. The van der Waals surface area contributed by atoms with E-state index in [0.29, 0.717) is 28.5 Å². The first-order chi connectivity index (χ1) is 17.0. The highest BCUT2D eigenvalue weighted by atomic mass is 32.2. The zero-order valence-corrected chi connectivity index (χ0v) is 19.7. The Kier molecular flexibility index (Phi) is 6.20. The van der Waals surface area contributed by atoms with Crippen LogP contribution in [0.3, 0.4) is 0 Å². The van der Waals surface area contributed by atoms with Crippen molar-refractivity contribution in [2.24, 2.45) is 0 Å². The predicted molar refractivity (Wildman–Crippen MR) is 128 cm³/mol. The summed E-state index contributed by atoms with van der Waals surface area (Å²) < 4.78 is 7.24. The highest BCUT2D eigenvalue weighted by Gasteiger charge is 2.36. The molecule has 2 aromatic heterocycles. The van der Waals surface area contributed by atoms with Gasteiger partial charge in [-0.2, -0.15) is 4.68 Å². The highest BCUT2D eigenvalue weighted by Crippen LogP contribution is 2.38. The number of hydrogen-bond donors (Lipinski definition) is 1. The van der Waals surface area contributed by atoms with E-state index < -0.39 is 16.9 Å². The Labute approximate surface area is 206 Å². The Morgan fingerprint density at radius 3 is 2.66 bits per heavy atom. The predicted octanol–water partition coefficient (Wildman–Crippen LogP) is 3.33. The molecule has 1 unspecified atom stereocenters. The number of thioether (sulfide) groups is 1. The summed E-state index contributed by atoms with van der Waals surface area (Å²) in [6.45, 7) is 0. The maximum Gasteiger partial charge on any atom is 0.338 e. The Balaban J connectivity index is 1.48. The van der Waals surface area contributed by atoms with Crippen molar-refractivity contribution in [2.45, 2.75) is 10.4 Å². The van der Waals surface area contributed by atoms with Gasteiger partial charge in [-0.15, -0.1) is 10.2 Å². The molecule has 0 aliphatic carbocycles. The zero-order valence-electron chi connectivity index (χ0n) is 18.1. The number of nitro benzene ring substituents is 1. The van der Waals surface area contributed by atoms with Crippen molar-refractivity contribution in [3.05, 3.63) is 81.5 Å². The van der Waals surface area contributed by atoms with Gasteiger partial charge in [0, 0.05) is 29.1 Å². The van der Waals surface area contributed by atoms with Crippen LogP contribution < -0.4 is 5.32 Å². The fourth-order valence-electron chi connectivity index (χ4n) is 3.58. The van der Waals surface area contributed by atoms with Gasteiger partial charge in [0.2, 0.25) is 5.95 Å². The highest BCUT2D eigenvalue weighted by molar-refractivity contribution is 8.01. The normalized spacial score (nSPS) is 14.8. The number of hydrogen-bond acceptors (Lipinski definition) is 12. The van der Waals surface area contributed by atoms with E-state index in [1.165, 1.54) is 47.0 Å². The number of benzene rings is 2. The van der Waals surface area contributed by atoms with Crippen LogP contribution in [0.25, 0.3) is 10.6 Å². The number of tetrazole rings is 1. The van der Waals surface area contributed by atoms with Crippen LogP contribution >= 0.6 is 23.1 Å². The lowest BCUT2D eigenvalue weighted by Crippen LogP contribution is -2.30. The van der Waals surface area contributed by atoms with Crippen molar-refractivity contribution in [3.8, 4) is 10.6 Å². The summed E-state index contributed by atoms with van der Waals surface area (Å²) in [7, 11) is 1.29. The molecule has 1 aliphatic heterocycles. The summed E-state index contributed by atoms with van der Waals surface area (Å²) >= 11 is 2.85. The number of nitrogens with zero attached hydrogens (tertiary/aromatic N) is 7. The zero-order chi connectivity index (χ0) is 24.4. The van der Waals surface area contributed by atoms with E-state index >= 15 is 0 Å². The van der Waals surface area contributed by atoms with Crippen molar-refractivity contribution >= 4 is 40.7 Å². The Bertz CT molecular complexity index is 1420. The molecule has 0 amide bonds. The largest absolute Gasteiger partial charge is 0.466 e. The molecule has 2 aromatic carbocycles. The summed E-state index contributed by atoms with van der Waals surface area (Å²) in [4.78, 5) is 23.5. The molecule has 5 rings (SSSR count). The van der Waals surface area contributed by atoms with Crippen molar-refractivity contribution in [3.63, 3.8) is 0 Å².